The minimum atomic E-state index is -0.123. The molecule has 6 nitrogen and oxygen atoms in total. The maximum absolute atomic E-state index is 11.9. The van der Waals surface area contributed by atoms with E-state index in [0.717, 1.165) is 41.8 Å². The third-order valence-corrected chi connectivity index (χ3v) is 4.17. The molecule has 3 rings (SSSR count). The maximum atomic E-state index is 11.9. The van der Waals surface area contributed by atoms with E-state index in [1.165, 1.54) is 6.42 Å². The molecule has 0 bridgehead atoms. The van der Waals surface area contributed by atoms with Crippen LogP contribution in [0.3, 0.4) is 0 Å². The van der Waals surface area contributed by atoms with Crippen molar-refractivity contribution in [3.05, 3.63) is 30.0 Å². The number of nitrogens with one attached hydrogen (secondary N) is 2. The normalized spacial score (nSPS) is 17.8. The van der Waals surface area contributed by atoms with E-state index >= 15 is 0 Å². The lowest BCUT2D eigenvalue weighted by Crippen LogP contribution is -2.30. The number of hydrogen-bond acceptors (Lipinski definition) is 4. The molecule has 1 aliphatic rings. The molecule has 0 aliphatic carbocycles. The molecule has 1 atom stereocenters. The standard InChI is InChI=1S/C18H24N2O4/c1-22-15-5-6-17-13(9-15)8-14(20-17)10-19-18(21)12-23-11-16-4-2-3-7-24-16/h5-6,8-9,16,20H,2-4,7,10-12H2,1H3,(H,19,21)/t16-/m0/s1. The summed E-state index contributed by atoms with van der Waals surface area (Å²) in [5, 5.41) is 3.92. The highest BCUT2D eigenvalue weighted by Gasteiger charge is 2.14. The smallest absolute Gasteiger partial charge is 0.246 e. The van der Waals surface area contributed by atoms with Gasteiger partial charge in [0.2, 0.25) is 5.91 Å². The monoisotopic (exact) mass is 332 g/mol. The summed E-state index contributed by atoms with van der Waals surface area (Å²) in [5.41, 5.74) is 1.97. The predicted octanol–water partition coefficient (Wildman–Crippen LogP) is 2.38. The lowest BCUT2D eigenvalue weighted by Gasteiger charge is -2.22. The molecule has 2 N–H and O–H groups in total. The Labute approximate surface area is 141 Å². The fraction of sp³-hybridized carbons (Fsp3) is 0.500. The van der Waals surface area contributed by atoms with Crippen LogP contribution >= 0.6 is 0 Å². The molecule has 1 amide bonds. The third-order valence-electron chi connectivity index (χ3n) is 4.17. The second-order valence-electron chi connectivity index (χ2n) is 6.03. The van der Waals surface area contributed by atoms with Crippen molar-refractivity contribution in [3.63, 3.8) is 0 Å². The first-order valence-corrected chi connectivity index (χ1v) is 8.36. The Morgan fingerprint density at radius 2 is 2.29 bits per heavy atom. The minimum absolute atomic E-state index is 0.0634. The van der Waals surface area contributed by atoms with Crippen molar-refractivity contribution in [2.24, 2.45) is 0 Å². The van der Waals surface area contributed by atoms with Crippen molar-refractivity contribution < 1.29 is 19.0 Å². The van der Waals surface area contributed by atoms with Crippen molar-refractivity contribution in [1.29, 1.82) is 0 Å². The van der Waals surface area contributed by atoms with Gasteiger partial charge in [0, 0.05) is 23.2 Å². The predicted molar refractivity (Wildman–Crippen MR) is 91.1 cm³/mol. The molecule has 0 unspecified atom stereocenters. The molecule has 1 aliphatic heterocycles. The number of amides is 1. The van der Waals surface area contributed by atoms with Gasteiger partial charge >= 0.3 is 0 Å². The quantitative estimate of drug-likeness (QED) is 0.816. The Bertz CT molecular complexity index is 677. The summed E-state index contributed by atoms with van der Waals surface area (Å²) >= 11 is 0. The summed E-state index contributed by atoms with van der Waals surface area (Å²) in [4.78, 5) is 15.1. The number of benzene rings is 1. The Morgan fingerprint density at radius 3 is 3.08 bits per heavy atom. The number of methoxy groups -OCH3 is 1. The van der Waals surface area contributed by atoms with Gasteiger partial charge in [-0.2, -0.15) is 0 Å². The Morgan fingerprint density at radius 1 is 1.38 bits per heavy atom. The summed E-state index contributed by atoms with van der Waals surface area (Å²) in [6.07, 6.45) is 3.44. The summed E-state index contributed by atoms with van der Waals surface area (Å²) in [5.74, 6) is 0.692. The molecular weight excluding hydrogens is 308 g/mol. The number of aromatic nitrogens is 1. The molecule has 6 heteroatoms. The van der Waals surface area contributed by atoms with Crippen LogP contribution in [0.25, 0.3) is 10.9 Å². The highest BCUT2D eigenvalue weighted by molar-refractivity contribution is 5.82. The zero-order valence-corrected chi connectivity index (χ0v) is 14.0. The lowest BCUT2D eigenvalue weighted by molar-refractivity contribution is -0.128. The number of hydrogen-bond donors (Lipinski definition) is 2. The summed E-state index contributed by atoms with van der Waals surface area (Å²) in [6, 6.07) is 7.84. The number of H-pyrrole nitrogens is 1. The van der Waals surface area contributed by atoms with Gasteiger partial charge in [-0.1, -0.05) is 0 Å². The molecular formula is C18H24N2O4. The molecule has 130 valence electrons. The number of rotatable bonds is 7. The van der Waals surface area contributed by atoms with Gasteiger partial charge in [0.15, 0.2) is 0 Å². The van der Waals surface area contributed by atoms with Crippen LogP contribution in [0.4, 0.5) is 0 Å². The summed E-state index contributed by atoms with van der Waals surface area (Å²) < 4.78 is 16.2. The lowest BCUT2D eigenvalue weighted by atomic mass is 10.1. The molecule has 0 radical (unpaired) electrons. The van der Waals surface area contributed by atoms with Gasteiger partial charge in [-0.15, -0.1) is 0 Å². The fourth-order valence-electron chi connectivity index (χ4n) is 2.86. The largest absolute Gasteiger partial charge is 0.497 e. The zero-order chi connectivity index (χ0) is 16.8. The fourth-order valence-corrected chi connectivity index (χ4v) is 2.86. The van der Waals surface area contributed by atoms with Crippen molar-refractivity contribution in [2.45, 2.75) is 31.9 Å². The van der Waals surface area contributed by atoms with Gasteiger partial charge < -0.3 is 24.5 Å². The van der Waals surface area contributed by atoms with Crippen LogP contribution in [-0.4, -0.2) is 43.9 Å². The Balaban J connectivity index is 1.42. The molecule has 1 aromatic carbocycles. The van der Waals surface area contributed by atoms with Crippen molar-refractivity contribution in [3.8, 4) is 5.75 Å². The topological polar surface area (TPSA) is 72.6 Å². The number of ether oxygens (including phenoxy) is 3. The molecule has 0 saturated carbocycles. The maximum Gasteiger partial charge on any atom is 0.246 e. The van der Waals surface area contributed by atoms with Crippen LogP contribution in [0.2, 0.25) is 0 Å². The van der Waals surface area contributed by atoms with E-state index in [1.807, 2.05) is 24.3 Å². The number of carbonyl (C=O) groups is 1. The van der Waals surface area contributed by atoms with Gasteiger partial charge in [0.05, 0.1) is 26.4 Å². The van der Waals surface area contributed by atoms with Crippen LogP contribution in [0, 0.1) is 0 Å². The second-order valence-corrected chi connectivity index (χ2v) is 6.03. The van der Waals surface area contributed by atoms with Crippen LogP contribution in [0.5, 0.6) is 5.75 Å². The van der Waals surface area contributed by atoms with E-state index in [1.54, 1.807) is 7.11 Å². The van der Waals surface area contributed by atoms with Crippen LogP contribution in [0.15, 0.2) is 24.3 Å². The summed E-state index contributed by atoms with van der Waals surface area (Å²) in [6.45, 7) is 1.79. The van der Waals surface area contributed by atoms with E-state index < -0.39 is 0 Å². The van der Waals surface area contributed by atoms with Gasteiger partial charge in [-0.05, 0) is 43.5 Å². The third kappa shape index (κ3) is 4.49. The van der Waals surface area contributed by atoms with E-state index in [0.29, 0.717) is 13.2 Å². The highest BCUT2D eigenvalue weighted by atomic mass is 16.5. The average molecular weight is 332 g/mol. The minimum Gasteiger partial charge on any atom is -0.497 e. The molecule has 1 saturated heterocycles. The molecule has 2 heterocycles. The van der Waals surface area contributed by atoms with E-state index in [9.17, 15) is 4.79 Å². The number of fused-ring (bicyclic) bond motifs is 1. The number of aromatic amines is 1. The van der Waals surface area contributed by atoms with Crippen LogP contribution in [0.1, 0.15) is 25.0 Å². The second kappa shape index (κ2) is 8.17. The van der Waals surface area contributed by atoms with Gasteiger partial charge in [0.1, 0.15) is 12.4 Å². The van der Waals surface area contributed by atoms with E-state index in [-0.39, 0.29) is 18.6 Å². The molecule has 2 aromatic rings. The SMILES string of the molecule is COc1ccc2[nH]c(CNC(=O)COC[C@@H]3CCCCO3)cc2c1. The first kappa shape index (κ1) is 16.8. The van der Waals surface area contributed by atoms with E-state index in [2.05, 4.69) is 10.3 Å². The molecule has 0 spiro atoms. The number of carbonyl (C=O) groups excluding carboxylic acids is 1. The zero-order valence-electron chi connectivity index (χ0n) is 14.0. The van der Waals surface area contributed by atoms with Gasteiger partial charge in [-0.3, -0.25) is 4.79 Å². The Kier molecular flexibility index (Phi) is 5.72. The first-order valence-electron chi connectivity index (χ1n) is 8.36. The molecule has 1 fully saturated rings. The van der Waals surface area contributed by atoms with Crippen LogP contribution in [-0.2, 0) is 20.8 Å². The summed E-state index contributed by atoms with van der Waals surface area (Å²) in [7, 11) is 1.65. The van der Waals surface area contributed by atoms with Gasteiger partial charge in [0.25, 0.3) is 0 Å². The first-order chi connectivity index (χ1) is 11.7. The molecule has 1 aromatic heterocycles. The van der Waals surface area contributed by atoms with Crippen molar-refractivity contribution >= 4 is 16.8 Å². The van der Waals surface area contributed by atoms with E-state index in [4.69, 9.17) is 14.2 Å². The average Bonchev–Trinajstić information content (AvgIpc) is 3.03. The molecule has 24 heavy (non-hydrogen) atoms. The van der Waals surface area contributed by atoms with Crippen molar-refractivity contribution in [1.82, 2.24) is 10.3 Å². The van der Waals surface area contributed by atoms with Crippen molar-refractivity contribution in [2.75, 3.05) is 26.9 Å². The van der Waals surface area contributed by atoms with Gasteiger partial charge in [-0.25, -0.2) is 0 Å². The van der Waals surface area contributed by atoms with Crippen LogP contribution < -0.4 is 10.1 Å². The Hall–Kier alpha value is -2.05. The highest BCUT2D eigenvalue weighted by Crippen LogP contribution is 2.21.